The van der Waals surface area contributed by atoms with E-state index in [1.807, 2.05) is 19.1 Å². The molecular weight excluding hydrogens is 467 g/mol. The Bertz CT molecular complexity index is 1220. The van der Waals surface area contributed by atoms with E-state index in [4.69, 9.17) is 13.9 Å². The van der Waals surface area contributed by atoms with Crippen LogP contribution in [0.5, 0.6) is 11.5 Å². The Morgan fingerprint density at radius 3 is 2.42 bits per heavy atom. The number of methoxy groups -OCH3 is 2. The molecule has 3 N–H and O–H groups in total. The van der Waals surface area contributed by atoms with Crippen LogP contribution < -0.4 is 20.1 Å². The zero-order valence-corrected chi connectivity index (χ0v) is 20.3. The number of nitrogens with one attached hydrogen (secondary N) is 2. The first-order valence-electron chi connectivity index (χ1n) is 11.6. The van der Waals surface area contributed by atoms with Crippen molar-refractivity contribution in [2.75, 3.05) is 14.2 Å². The van der Waals surface area contributed by atoms with Gasteiger partial charge in [0.25, 0.3) is 0 Å². The first-order chi connectivity index (χ1) is 17.3. The van der Waals surface area contributed by atoms with Crippen LogP contribution in [0.3, 0.4) is 0 Å². The Morgan fingerprint density at radius 2 is 1.81 bits per heavy atom. The van der Waals surface area contributed by atoms with Crippen LogP contribution in [0.25, 0.3) is 0 Å². The third-order valence-corrected chi connectivity index (χ3v) is 6.68. The molecule has 36 heavy (non-hydrogen) atoms. The average Bonchev–Trinajstić information content (AvgIpc) is 3.46. The fourth-order valence-electron chi connectivity index (χ4n) is 4.96. The summed E-state index contributed by atoms with van der Waals surface area (Å²) in [6.45, 7) is 2.26. The van der Waals surface area contributed by atoms with Gasteiger partial charge in [0.15, 0.2) is 0 Å². The van der Waals surface area contributed by atoms with E-state index in [0.717, 1.165) is 16.7 Å². The highest BCUT2D eigenvalue weighted by atomic mass is 19.1. The van der Waals surface area contributed by atoms with E-state index < -0.39 is 12.0 Å². The molecule has 4 rings (SSSR count). The molecule has 0 spiro atoms. The number of furan rings is 1. The molecule has 190 valence electrons. The average molecular weight is 497 g/mol. The van der Waals surface area contributed by atoms with E-state index in [0.29, 0.717) is 29.2 Å². The fourth-order valence-corrected chi connectivity index (χ4v) is 4.96. The number of carboxylic acid groups (broad SMARTS) is 1. The number of amides is 2. The highest BCUT2D eigenvalue weighted by Gasteiger charge is 2.39. The van der Waals surface area contributed by atoms with Gasteiger partial charge in [-0.1, -0.05) is 13.0 Å². The number of halogens is 1. The van der Waals surface area contributed by atoms with Crippen LogP contribution in [0.15, 0.2) is 53.1 Å². The van der Waals surface area contributed by atoms with Crippen LogP contribution >= 0.6 is 0 Å². The van der Waals surface area contributed by atoms with Gasteiger partial charge >= 0.3 is 12.0 Å². The van der Waals surface area contributed by atoms with Crippen molar-refractivity contribution >= 4 is 12.0 Å². The van der Waals surface area contributed by atoms with E-state index in [-0.39, 0.29) is 36.6 Å². The number of urea groups is 1. The Balaban J connectivity index is 1.58. The van der Waals surface area contributed by atoms with Crippen LogP contribution in [0, 0.1) is 11.7 Å². The Labute approximate surface area is 208 Å². The second-order valence-corrected chi connectivity index (χ2v) is 8.88. The summed E-state index contributed by atoms with van der Waals surface area (Å²) in [5, 5.41) is 15.0. The zero-order chi connectivity index (χ0) is 25.8. The summed E-state index contributed by atoms with van der Waals surface area (Å²) in [5.41, 5.74) is 3.04. The van der Waals surface area contributed by atoms with E-state index in [1.165, 1.54) is 32.6 Å². The third kappa shape index (κ3) is 5.30. The predicted octanol–water partition coefficient (Wildman–Crippen LogP) is 4.58. The van der Waals surface area contributed by atoms with Crippen molar-refractivity contribution in [2.45, 2.75) is 38.3 Å². The van der Waals surface area contributed by atoms with Gasteiger partial charge in [0.1, 0.15) is 23.1 Å². The molecule has 0 radical (unpaired) electrons. The number of hydrogen-bond acceptors (Lipinski definition) is 5. The van der Waals surface area contributed by atoms with Crippen LogP contribution in [0.2, 0.25) is 0 Å². The molecule has 2 amide bonds. The lowest BCUT2D eigenvalue weighted by Gasteiger charge is -2.23. The number of carbonyl (C=O) groups is 2. The van der Waals surface area contributed by atoms with E-state index in [9.17, 15) is 19.1 Å². The maximum atomic E-state index is 14.2. The van der Waals surface area contributed by atoms with Gasteiger partial charge in [-0.2, -0.15) is 0 Å². The molecule has 0 saturated carbocycles. The normalized spacial score (nSPS) is 18.4. The first kappa shape index (κ1) is 25.1. The molecule has 2 aromatic carbocycles. The molecule has 1 aromatic heterocycles. The lowest BCUT2D eigenvalue weighted by atomic mass is 9.86. The number of carbonyl (C=O) groups excluding carboxylic acids is 1. The van der Waals surface area contributed by atoms with Gasteiger partial charge in [0.2, 0.25) is 0 Å². The number of aliphatic carboxylic acids is 1. The Kier molecular flexibility index (Phi) is 7.47. The summed E-state index contributed by atoms with van der Waals surface area (Å²) in [4.78, 5) is 24.0. The lowest BCUT2D eigenvalue weighted by molar-refractivity contribution is -0.136. The van der Waals surface area contributed by atoms with Gasteiger partial charge in [-0.15, -0.1) is 0 Å². The number of hydrogen-bond donors (Lipinski definition) is 3. The Hall–Kier alpha value is -4.01. The molecule has 0 fully saturated rings. The SMILES string of the molecule is COc1cc(CC2c3ccc(F)cc3C(NC(=O)NCc3ccco3)C2C)cc(OC)c1CC(=O)O. The highest BCUT2D eigenvalue weighted by molar-refractivity contribution is 5.75. The predicted molar refractivity (Wildman–Crippen MR) is 130 cm³/mol. The molecule has 1 aliphatic rings. The van der Waals surface area contributed by atoms with Gasteiger partial charge in [-0.3, -0.25) is 4.79 Å². The molecule has 3 atom stereocenters. The fraction of sp³-hybridized carbons (Fsp3) is 0.333. The largest absolute Gasteiger partial charge is 0.496 e. The number of carboxylic acids is 1. The van der Waals surface area contributed by atoms with E-state index in [1.54, 1.807) is 18.2 Å². The molecule has 3 aromatic rings. The molecule has 0 aliphatic heterocycles. The summed E-state index contributed by atoms with van der Waals surface area (Å²) in [5.74, 6) is 0.0582. The lowest BCUT2D eigenvalue weighted by Crippen LogP contribution is -2.39. The summed E-state index contributed by atoms with van der Waals surface area (Å²) >= 11 is 0. The molecule has 1 aliphatic carbocycles. The minimum atomic E-state index is -0.987. The maximum Gasteiger partial charge on any atom is 0.315 e. The van der Waals surface area contributed by atoms with Crippen LogP contribution in [0.1, 0.15) is 46.9 Å². The summed E-state index contributed by atoms with van der Waals surface area (Å²) in [7, 11) is 2.98. The molecule has 0 saturated heterocycles. The smallest absolute Gasteiger partial charge is 0.315 e. The van der Waals surface area contributed by atoms with Crippen molar-refractivity contribution in [3.05, 3.63) is 82.6 Å². The summed E-state index contributed by atoms with van der Waals surface area (Å²) in [6, 6.07) is 11.0. The summed E-state index contributed by atoms with van der Waals surface area (Å²) in [6.07, 6.45) is 1.87. The second kappa shape index (κ2) is 10.7. The monoisotopic (exact) mass is 496 g/mol. The van der Waals surface area contributed by atoms with Crippen LogP contribution in [0.4, 0.5) is 9.18 Å². The highest BCUT2D eigenvalue weighted by Crippen LogP contribution is 2.47. The maximum absolute atomic E-state index is 14.2. The second-order valence-electron chi connectivity index (χ2n) is 8.88. The summed E-state index contributed by atoms with van der Waals surface area (Å²) < 4.78 is 30.4. The van der Waals surface area contributed by atoms with Crippen molar-refractivity contribution in [3.8, 4) is 11.5 Å². The van der Waals surface area contributed by atoms with Crippen molar-refractivity contribution in [1.82, 2.24) is 10.6 Å². The van der Waals surface area contributed by atoms with Crippen molar-refractivity contribution in [2.24, 2.45) is 5.92 Å². The van der Waals surface area contributed by atoms with E-state index in [2.05, 4.69) is 10.6 Å². The van der Waals surface area contributed by atoms with Crippen molar-refractivity contribution in [1.29, 1.82) is 0 Å². The molecule has 8 nitrogen and oxygen atoms in total. The molecule has 3 unspecified atom stereocenters. The molecule has 1 heterocycles. The van der Waals surface area contributed by atoms with Gasteiger partial charge in [0, 0.05) is 5.56 Å². The Morgan fingerprint density at radius 1 is 1.08 bits per heavy atom. The van der Waals surface area contributed by atoms with Gasteiger partial charge in [-0.05, 0) is 71.3 Å². The standard InChI is InChI=1S/C27H29FN2O6/c1-15-20(9-16-10-23(34-2)22(13-25(31)32)24(11-16)35-3)19-7-6-17(28)12-21(19)26(15)30-27(33)29-14-18-5-4-8-36-18/h4-8,10-12,15,20,26H,9,13-14H2,1-3H3,(H,31,32)(H2,29,30,33). The van der Waals surface area contributed by atoms with Gasteiger partial charge < -0.3 is 29.6 Å². The number of rotatable bonds is 9. The van der Waals surface area contributed by atoms with E-state index >= 15 is 0 Å². The number of fused-ring (bicyclic) bond motifs is 1. The number of ether oxygens (including phenoxy) is 2. The van der Waals surface area contributed by atoms with Crippen molar-refractivity contribution < 1.29 is 33.0 Å². The molecular formula is C27H29FN2O6. The third-order valence-electron chi connectivity index (χ3n) is 6.68. The zero-order valence-electron chi connectivity index (χ0n) is 20.3. The molecule has 9 heteroatoms. The van der Waals surface area contributed by atoms with Gasteiger partial charge in [0.05, 0.1) is 39.5 Å². The van der Waals surface area contributed by atoms with Crippen molar-refractivity contribution in [3.63, 3.8) is 0 Å². The van der Waals surface area contributed by atoms with Gasteiger partial charge in [-0.25, -0.2) is 9.18 Å². The quantitative estimate of drug-likeness (QED) is 0.400. The minimum absolute atomic E-state index is 0.0318. The van der Waals surface area contributed by atoms with Crippen LogP contribution in [-0.2, 0) is 24.2 Å². The molecule has 0 bridgehead atoms. The minimum Gasteiger partial charge on any atom is -0.496 e. The van der Waals surface area contributed by atoms with Crippen LogP contribution in [-0.4, -0.2) is 31.3 Å². The first-order valence-corrected chi connectivity index (χ1v) is 11.6. The topological polar surface area (TPSA) is 110 Å². The number of benzene rings is 2.